The van der Waals surface area contributed by atoms with Gasteiger partial charge in [-0.05, 0) is 43.4 Å². The quantitative estimate of drug-likeness (QED) is 0.879. The number of furan rings is 1. The lowest BCUT2D eigenvalue weighted by atomic mass is 9.93. The first-order valence-electron chi connectivity index (χ1n) is 6.72. The largest absolute Gasteiger partial charge is 0.465 e. The van der Waals surface area contributed by atoms with Crippen molar-refractivity contribution in [2.24, 2.45) is 5.92 Å². The lowest BCUT2D eigenvalue weighted by Crippen LogP contribution is -2.09. The summed E-state index contributed by atoms with van der Waals surface area (Å²) in [4.78, 5) is 17.6. The Hall–Kier alpha value is -1.88. The maximum absolute atomic E-state index is 11.8. The van der Waals surface area contributed by atoms with Crippen molar-refractivity contribution >= 4 is 28.5 Å². The van der Waals surface area contributed by atoms with Crippen molar-refractivity contribution in [1.82, 2.24) is 4.98 Å². The summed E-state index contributed by atoms with van der Waals surface area (Å²) in [6.45, 7) is 2.26. The zero-order chi connectivity index (χ0) is 13.9. The second-order valence-electron chi connectivity index (χ2n) is 5.07. The van der Waals surface area contributed by atoms with Crippen molar-refractivity contribution in [3.05, 3.63) is 40.8 Å². The third kappa shape index (κ3) is 2.99. The number of nitrogens with zero attached hydrogens (tertiary/aromatic N) is 1. The van der Waals surface area contributed by atoms with Gasteiger partial charge in [-0.2, -0.15) is 0 Å². The maximum Gasteiger partial charge on any atom is 0.250 e. The third-order valence-corrected chi connectivity index (χ3v) is 4.39. The van der Waals surface area contributed by atoms with Crippen LogP contribution in [0, 0.1) is 5.92 Å². The number of nitrogens with one attached hydrogen (secondary N) is 1. The van der Waals surface area contributed by atoms with Crippen LogP contribution in [0.4, 0.5) is 5.13 Å². The highest BCUT2D eigenvalue weighted by molar-refractivity contribution is 7.15. The van der Waals surface area contributed by atoms with Gasteiger partial charge in [-0.15, -0.1) is 11.3 Å². The van der Waals surface area contributed by atoms with Crippen LogP contribution in [0.15, 0.2) is 28.9 Å². The number of hydrogen-bond donors (Lipinski definition) is 1. The fourth-order valence-electron chi connectivity index (χ4n) is 2.28. The summed E-state index contributed by atoms with van der Waals surface area (Å²) >= 11 is 1.59. The molecular weight excluding hydrogens is 272 g/mol. The summed E-state index contributed by atoms with van der Waals surface area (Å²) in [7, 11) is 0. The molecule has 5 heteroatoms. The smallest absolute Gasteiger partial charge is 0.250 e. The molecule has 1 N–H and O–H groups in total. The Morgan fingerprint density at radius 2 is 2.50 bits per heavy atom. The van der Waals surface area contributed by atoms with Crippen LogP contribution in [0.3, 0.4) is 0 Å². The van der Waals surface area contributed by atoms with Crippen LogP contribution in [-0.2, 0) is 17.6 Å². The predicted octanol–water partition coefficient (Wildman–Crippen LogP) is 3.51. The molecule has 2 aromatic rings. The fraction of sp³-hybridized carbons (Fsp3) is 0.333. The average Bonchev–Trinajstić information content (AvgIpc) is 3.04. The highest BCUT2D eigenvalue weighted by Crippen LogP contribution is 2.32. The van der Waals surface area contributed by atoms with Crippen molar-refractivity contribution in [2.75, 3.05) is 5.32 Å². The Labute approximate surface area is 121 Å². The van der Waals surface area contributed by atoms with Gasteiger partial charge in [0.25, 0.3) is 0 Å². The molecule has 3 rings (SSSR count). The van der Waals surface area contributed by atoms with E-state index < -0.39 is 0 Å². The van der Waals surface area contributed by atoms with E-state index in [4.69, 9.17) is 4.42 Å². The summed E-state index contributed by atoms with van der Waals surface area (Å²) < 4.78 is 5.13. The number of fused-ring (bicyclic) bond motifs is 1. The van der Waals surface area contributed by atoms with Gasteiger partial charge >= 0.3 is 0 Å². The van der Waals surface area contributed by atoms with E-state index in [2.05, 4.69) is 17.2 Å². The van der Waals surface area contributed by atoms with E-state index in [1.165, 1.54) is 17.4 Å². The number of carbonyl (C=O) groups excluding carboxylic acids is 1. The van der Waals surface area contributed by atoms with Gasteiger partial charge in [-0.1, -0.05) is 6.92 Å². The number of thiazole rings is 1. The molecular formula is C15H16N2O2S. The molecule has 1 aliphatic carbocycles. The number of aromatic nitrogens is 1. The lowest BCUT2D eigenvalue weighted by molar-refractivity contribution is -0.111. The molecule has 0 saturated heterocycles. The van der Waals surface area contributed by atoms with E-state index in [9.17, 15) is 4.79 Å². The first kappa shape index (κ1) is 13.1. The van der Waals surface area contributed by atoms with Crippen molar-refractivity contribution in [3.63, 3.8) is 0 Å². The standard InChI is InChI=1S/C15H16N2O2S/c1-10-4-6-12-13(9-10)20-15(16-12)17-14(18)7-5-11-3-2-8-19-11/h2-3,5,7-8,10H,4,6,9H2,1H3,(H,16,17,18)/b7-5+/t10-/m0/s1. The molecule has 0 aromatic carbocycles. The maximum atomic E-state index is 11.8. The second kappa shape index (κ2) is 5.63. The Balaban J connectivity index is 1.64. The number of hydrogen-bond acceptors (Lipinski definition) is 4. The SMILES string of the molecule is C[C@H]1CCc2nc(NC(=O)/C=C/c3ccco3)sc2C1. The van der Waals surface area contributed by atoms with E-state index in [-0.39, 0.29) is 5.91 Å². The summed E-state index contributed by atoms with van der Waals surface area (Å²) in [6.07, 6.45) is 7.96. The van der Waals surface area contributed by atoms with Gasteiger partial charge in [0.2, 0.25) is 5.91 Å². The molecule has 2 heterocycles. The summed E-state index contributed by atoms with van der Waals surface area (Å²) in [5, 5.41) is 3.51. The Morgan fingerprint density at radius 3 is 3.30 bits per heavy atom. The van der Waals surface area contributed by atoms with Crippen LogP contribution in [0.25, 0.3) is 6.08 Å². The van der Waals surface area contributed by atoms with Crippen LogP contribution in [0.5, 0.6) is 0 Å². The van der Waals surface area contributed by atoms with Gasteiger partial charge < -0.3 is 4.42 Å². The molecule has 0 fully saturated rings. The normalized spacial score (nSPS) is 18.1. The molecule has 4 nitrogen and oxygen atoms in total. The number of rotatable bonds is 3. The van der Waals surface area contributed by atoms with Gasteiger partial charge in [-0.3, -0.25) is 10.1 Å². The van der Waals surface area contributed by atoms with Gasteiger partial charge in [0, 0.05) is 11.0 Å². The number of amides is 1. The van der Waals surface area contributed by atoms with E-state index >= 15 is 0 Å². The summed E-state index contributed by atoms with van der Waals surface area (Å²) in [6, 6.07) is 3.58. The van der Waals surface area contributed by atoms with E-state index in [0.29, 0.717) is 16.8 Å². The van der Waals surface area contributed by atoms with E-state index in [0.717, 1.165) is 18.5 Å². The molecule has 0 saturated carbocycles. The van der Waals surface area contributed by atoms with Crippen molar-refractivity contribution < 1.29 is 9.21 Å². The highest BCUT2D eigenvalue weighted by atomic mass is 32.1. The Kier molecular flexibility index (Phi) is 3.69. The minimum absolute atomic E-state index is 0.180. The molecule has 2 aromatic heterocycles. The van der Waals surface area contributed by atoms with E-state index in [1.54, 1.807) is 35.8 Å². The molecule has 0 unspecified atom stereocenters. The van der Waals surface area contributed by atoms with Crippen LogP contribution >= 0.6 is 11.3 Å². The predicted molar refractivity (Wildman–Crippen MR) is 79.7 cm³/mol. The molecule has 0 radical (unpaired) electrons. The molecule has 104 valence electrons. The summed E-state index contributed by atoms with van der Waals surface area (Å²) in [5.74, 6) is 1.19. The van der Waals surface area contributed by atoms with Gasteiger partial charge in [0.05, 0.1) is 12.0 Å². The van der Waals surface area contributed by atoms with Crippen LogP contribution in [-0.4, -0.2) is 10.9 Å². The van der Waals surface area contributed by atoms with Gasteiger partial charge in [0.15, 0.2) is 5.13 Å². The van der Waals surface area contributed by atoms with Crippen molar-refractivity contribution in [1.29, 1.82) is 0 Å². The first-order valence-corrected chi connectivity index (χ1v) is 7.53. The van der Waals surface area contributed by atoms with Crippen LogP contribution in [0.2, 0.25) is 0 Å². The monoisotopic (exact) mass is 288 g/mol. The average molecular weight is 288 g/mol. The van der Waals surface area contributed by atoms with Crippen molar-refractivity contribution in [3.8, 4) is 0 Å². The Bertz CT molecular complexity index is 628. The number of carbonyl (C=O) groups is 1. The molecule has 20 heavy (non-hydrogen) atoms. The first-order chi connectivity index (χ1) is 9.70. The Morgan fingerprint density at radius 1 is 1.60 bits per heavy atom. The van der Waals surface area contributed by atoms with Crippen LogP contribution in [0.1, 0.15) is 29.7 Å². The molecule has 1 atom stereocenters. The van der Waals surface area contributed by atoms with Crippen molar-refractivity contribution in [2.45, 2.75) is 26.2 Å². The molecule has 0 aliphatic heterocycles. The number of aryl methyl sites for hydroxylation is 1. The number of anilines is 1. The summed E-state index contributed by atoms with van der Waals surface area (Å²) in [5.41, 5.74) is 1.15. The minimum atomic E-state index is -0.180. The zero-order valence-corrected chi connectivity index (χ0v) is 12.1. The second-order valence-corrected chi connectivity index (χ2v) is 6.16. The molecule has 1 aliphatic rings. The topological polar surface area (TPSA) is 55.1 Å². The van der Waals surface area contributed by atoms with Gasteiger partial charge in [-0.25, -0.2) is 4.98 Å². The fourth-order valence-corrected chi connectivity index (χ4v) is 3.46. The minimum Gasteiger partial charge on any atom is -0.465 e. The highest BCUT2D eigenvalue weighted by Gasteiger charge is 2.20. The van der Waals surface area contributed by atoms with E-state index in [1.807, 2.05) is 0 Å². The zero-order valence-electron chi connectivity index (χ0n) is 11.3. The lowest BCUT2D eigenvalue weighted by Gasteiger charge is -2.15. The third-order valence-electron chi connectivity index (χ3n) is 3.36. The molecule has 0 spiro atoms. The molecule has 0 bridgehead atoms. The van der Waals surface area contributed by atoms with Gasteiger partial charge in [0.1, 0.15) is 5.76 Å². The molecule has 1 amide bonds. The van der Waals surface area contributed by atoms with Crippen LogP contribution < -0.4 is 5.32 Å².